The van der Waals surface area contributed by atoms with Gasteiger partial charge < -0.3 is 10.1 Å². The molecule has 1 fully saturated rings. The summed E-state index contributed by atoms with van der Waals surface area (Å²) < 4.78 is 5.80. The Kier molecular flexibility index (Phi) is 4.37. The molecule has 88 valence electrons. The van der Waals surface area contributed by atoms with Crippen molar-refractivity contribution in [2.75, 3.05) is 19.7 Å². The second-order valence-electron chi connectivity index (χ2n) is 4.65. The van der Waals surface area contributed by atoms with Crippen molar-refractivity contribution in [3.05, 3.63) is 35.4 Å². The first-order valence-electron chi connectivity index (χ1n) is 6.19. The Balaban J connectivity index is 1.73. The summed E-state index contributed by atoms with van der Waals surface area (Å²) in [6.07, 6.45) is 2.60. The molecule has 2 nitrogen and oxygen atoms in total. The summed E-state index contributed by atoms with van der Waals surface area (Å²) in [5.74, 6) is 0.706. The minimum atomic E-state index is 0.706. The highest BCUT2D eigenvalue weighted by molar-refractivity contribution is 5.24. The van der Waals surface area contributed by atoms with E-state index in [1.54, 1.807) is 0 Å². The van der Waals surface area contributed by atoms with Gasteiger partial charge in [-0.3, -0.25) is 0 Å². The SMILES string of the molecule is Cc1ccccc1COC[C@H]1CCCNC1. The van der Waals surface area contributed by atoms with Crippen LogP contribution in [0.4, 0.5) is 0 Å². The molecule has 1 N–H and O–H groups in total. The second kappa shape index (κ2) is 6.02. The predicted molar refractivity (Wildman–Crippen MR) is 66.4 cm³/mol. The van der Waals surface area contributed by atoms with Crippen molar-refractivity contribution in [3.8, 4) is 0 Å². The monoisotopic (exact) mass is 219 g/mol. The third kappa shape index (κ3) is 3.32. The molecule has 1 aliphatic rings. The zero-order valence-corrected chi connectivity index (χ0v) is 10.0. The van der Waals surface area contributed by atoms with Gasteiger partial charge in [-0.15, -0.1) is 0 Å². The molecule has 1 heterocycles. The van der Waals surface area contributed by atoms with Gasteiger partial charge in [0.2, 0.25) is 0 Å². The number of piperidine rings is 1. The molecule has 1 aromatic carbocycles. The number of hydrogen-bond donors (Lipinski definition) is 1. The van der Waals surface area contributed by atoms with Crippen molar-refractivity contribution in [1.82, 2.24) is 5.32 Å². The summed E-state index contributed by atoms with van der Waals surface area (Å²) in [5, 5.41) is 3.41. The quantitative estimate of drug-likeness (QED) is 0.840. The Morgan fingerprint density at radius 3 is 3.00 bits per heavy atom. The predicted octanol–water partition coefficient (Wildman–Crippen LogP) is 2.51. The maximum absolute atomic E-state index is 5.80. The highest BCUT2D eigenvalue weighted by Crippen LogP contribution is 2.13. The smallest absolute Gasteiger partial charge is 0.0719 e. The van der Waals surface area contributed by atoms with Crippen molar-refractivity contribution in [3.63, 3.8) is 0 Å². The van der Waals surface area contributed by atoms with Crippen LogP contribution in [0.15, 0.2) is 24.3 Å². The van der Waals surface area contributed by atoms with E-state index in [4.69, 9.17) is 4.74 Å². The Hall–Kier alpha value is -0.860. The van der Waals surface area contributed by atoms with E-state index >= 15 is 0 Å². The molecule has 2 heteroatoms. The number of benzene rings is 1. The number of rotatable bonds is 4. The normalized spacial score (nSPS) is 20.9. The lowest BCUT2D eigenvalue weighted by Crippen LogP contribution is -2.32. The molecular weight excluding hydrogens is 198 g/mol. The first-order chi connectivity index (χ1) is 7.86. The average molecular weight is 219 g/mol. The van der Waals surface area contributed by atoms with E-state index in [1.165, 1.54) is 30.5 Å². The van der Waals surface area contributed by atoms with Crippen LogP contribution in [0.1, 0.15) is 24.0 Å². The Bertz CT molecular complexity index is 318. The summed E-state index contributed by atoms with van der Waals surface area (Å²) in [5.41, 5.74) is 2.63. The van der Waals surface area contributed by atoms with Crippen molar-refractivity contribution in [1.29, 1.82) is 0 Å². The van der Waals surface area contributed by atoms with Crippen molar-refractivity contribution < 1.29 is 4.74 Å². The largest absolute Gasteiger partial charge is 0.376 e. The number of hydrogen-bond acceptors (Lipinski definition) is 2. The zero-order valence-electron chi connectivity index (χ0n) is 10.0. The lowest BCUT2D eigenvalue weighted by Gasteiger charge is -2.22. The molecule has 0 spiro atoms. The van der Waals surface area contributed by atoms with E-state index in [2.05, 4.69) is 36.5 Å². The molecule has 2 rings (SSSR count). The standard InChI is InChI=1S/C14H21NO/c1-12-5-2-3-7-14(12)11-16-10-13-6-4-8-15-9-13/h2-3,5,7,13,15H,4,6,8-11H2,1H3/t13-/m0/s1. The van der Waals surface area contributed by atoms with Crippen molar-refractivity contribution in [2.24, 2.45) is 5.92 Å². The van der Waals surface area contributed by atoms with Crippen molar-refractivity contribution >= 4 is 0 Å². The first kappa shape index (κ1) is 11.6. The molecule has 0 aromatic heterocycles. The van der Waals surface area contributed by atoms with Crippen LogP contribution in [0.25, 0.3) is 0 Å². The average Bonchev–Trinajstić information content (AvgIpc) is 2.33. The van der Waals surface area contributed by atoms with Crippen LogP contribution in [-0.2, 0) is 11.3 Å². The molecule has 0 saturated carbocycles. The molecule has 0 bridgehead atoms. The fourth-order valence-electron chi connectivity index (χ4n) is 2.17. The summed E-state index contributed by atoms with van der Waals surface area (Å²) in [7, 11) is 0. The van der Waals surface area contributed by atoms with E-state index < -0.39 is 0 Å². The molecule has 0 unspecified atom stereocenters. The molecule has 0 amide bonds. The van der Waals surface area contributed by atoms with Gasteiger partial charge in [0.15, 0.2) is 0 Å². The van der Waals surface area contributed by atoms with E-state index in [0.717, 1.165) is 19.8 Å². The summed E-state index contributed by atoms with van der Waals surface area (Å²) in [4.78, 5) is 0. The molecule has 16 heavy (non-hydrogen) atoms. The topological polar surface area (TPSA) is 21.3 Å². The number of nitrogens with one attached hydrogen (secondary N) is 1. The van der Waals surface area contributed by atoms with E-state index in [-0.39, 0.29) is 0 Å². The molecular formula is C14H21NO. The fraction of sp³-hybridized carbons (Fsp3) is 0.571. The van der Waals surface area contributed by atoms with Gasteiger partial charge in [0, 0.05) is 6.54 Å². The Morgan fingerprint density at radius 1 is 1.38 bits per heavy atom. The van der Waals surface area contributed by atoms with Gasteiger partial charge in [-0.1, -0.05) is 24.3 Å². The maximum atomic E-state index is 5.80. The fourth-order valence-corrected chi connectivity index (χ4v) is 2.17. The minimum Gasteiger partial charge on any atom is -0.376 e. The highest BCUT2D eigenvalue weighted by atomic mass is 16.5. The lowest BCUT2D eigenvalue weighted by molar-refractivity contribution is 0.0780. The molecule has 1 atom stereocenters. The number of aryl methyl sites for hydroxylation is 1. The molecule has 0 radical (unpaired) electrons. The minimum absolute atomic E-state index is 0.706. The lowest BCUT2D eigenvalue weighted by atomic mass is 10.0. The van der Waals surface area contributed by atoms with Crippen LogP contribution in [0.3, 0.4) is 0 Å². The maximum Gasteiger partial charge on any atom is 0.0719 e. The number of ether oxygens (including phenoxy) is 1. The summed E-state index contributed by atoms with van der Waals surface area (Å²) in [6.45, 7) is 6.08. The molecule has 1 saturated heterocycles. The van der Waals surface area contributed by atoms with Gasteiger partial charge in [-0.05, 0) is 43.4 Å². The first-order valence-corrected chi connectivity index (χ1v) is 6.19. The summed E-state index contributed by atoms with van der Waals surface area (Å²) >= 11 is 0. The second-order valence-corrected chi connectivity index (χ2v) is 4.65. The Morgan fingerprint density at radius 2 is 2.25 bits per heavy atom. The van der Waals surface area contributed by atoms with E-state index in [1.807, 2.05) is 0 Å². The molecule has 0 aliphatic carbocycles. The van der Waals surface area contributed by atoms with Crippen LogP contribution >= 0.6 is 0 Å². The van der Waals surface area contributed by atoms with Crippen molar-refractivity contribution in [2.45, 2.75) is 26.4 Å². The van der Waals surface area contributed by atoms with Crippen LogP contribution in [0.5, 0.6) is 0 Å². The molecule has 1 aliphatic heterocycles. The molecule has 1 aromatic rings. The van der Waals surface area contributed by atoms with Crippen LogP contribution in [0.2, 0.25) is 0 Å². The van der Waals surface area contributed by atoms with Crippen LogP contribution < -0.4 is 5.32 Å². The van der Waals surface area contributed by atoms with E-state index in [9.17, 15) is 0 Å². The van der Waals surface area contributed by atoms with Gasteiger partial charge in [0.25, 0.3) is 0 Å². The third-order valence-electron chi connectivity index (χ3n) is 3.27. The summed E-state index contributed by atoms with van der Waals surface area (Å²) in [6, 6.07) is 8.44. The van der Waals surface area contributed by atoms with Gasteiger partial charge in [-0.2, -0.15) is 0 Å². The van der Waals surface area contributed by atoms with Gasteiger partial charge in [0.1, 0.15) is 0 Å². The third-order valence-corrected chi connectivity index (χ3v) is 3.27. The van der Waals surface area contributed by atoms with Gasteiger partial charge >= 0.3 is 0 Å². The highest BCUT2D eigenvalue weighted by Gasteiger charge is 2.12. The van der Waals surface area contributed by atoms with Crippen LogP contribution in [-0.4, -0.2) is 19.7 Å². The Labute approximate surface area is 98.0 Å². The van der Waals surface area contributed by atoms with Gasteiger partial charge in [-0.25, -0.2) is 0 Å². The van der Waals surface area contributed by atoms with E-state index in [0.29, 0.717) is 5.92 Å². The van der Waals surface area contributed by atoms with Gasteiger partial charge in [0.05, 0.1) is 13.2 Å². The zero-order chi connectivity index (χ0) is 11.2. The van der Waals surface area contributed by atoms with Crippen LogP contribution in [0, 0.1) is 12.8 Å².